The van der Waals surface area contributed by atoms with Crippen LogP contribution in [-0.4, -0.2) is 24.0 Å². The summed E-state index contributed by atoms with van der Waals surface area (Å²) in [6.07, 6.45) is 0.137. The number of benzene rings is 2. The highest BCUT2D eigenvalue weighted by molar-refractivity contribution is 6.04. The molecule has 0 aliphatic carbocycles. The predicted octanol–water partition coefficient (Wildman–Crippen LogP) is 4.24. The zero-order valence-corrected chi connectivity index (χ0v) is 16.6. The van der Waals surface area contributed by atoms with Gasteiger partial charge in [-0.25, -0.2) is 0 Å². The van der Waals surface area contributed by atoms with Gasteiger partial charge in [0.2, 0.25) is 0 Å². The first-order valence-electron chi connectivity index (χ1n) is 9.26. The van der Waals surface area contributed by atoms with Gasteiger partial charge < -0.3 is 15.4 Å². The predicted molar refractivity (Wildman–Crippen MR) is 108 cm³/mol. The van der Waals surface area contributed by atoms with Gasteiger partial charge in [0.15, 0.2) is 6.10 Å². The smallest absolute Gasteiger partial charge is 0.265 e. The van der Waals surface area contributed by atoms with E-state index in [1.54, 1.807) is 31.2 Å². The average Bonchev–Trinajstić information content (AvgIpc) is 2.64. The van der Waals surface area contributed by atoms with E-state index in [0.29, 0.717) is 17.0 Å². The Labute approximate surface area is 161 Å². The lowest BCUT2D eigenvalue weighted by atomic mass is 10.1. The highest BCUT2D eigenvalue weighted by Crippen LogP contribution is 2.21. The first kappa shape index (κ1) is 20.5. The number of ether oxygens (including phenoxy) is 1. The Morgan fingerprint density at radius 1 is 1.07 bits per heavy atom. The van der Waals surface area contributed by atoms with Crippen LogP contribution in [-0.2, 0) is 4.79 Å². The third-order valence-electron chi connectivity index (χ3n) is 4.42. The second-order valence-electron chi connectivity index (χ2n) is 6.85. The van der Waals surface area contributed by atoms with Crippen molar-refractivity contribution in [2.45, 2.75) is 53.2 Å². The standard InChI is InChI=1S/C22H28N2O3/c1-6-16(4)23-22(26)18-9-7-8-10-19(18)24-21(25)17(5)27-20-12-11-14(2)13-15(20)3/h7-13,16-17H,6H2,1-5H3,(H,23,26)(H,24,25)/t16-,17+/m0/s1. The number of anilines is 1. The van der Waals surface area contributed by atoms with Crippen LogP contribution < -0.4 is 15.4 Å². The highest BCUT2D eigenvalue weighted by Gasteiger charge is 2.19. The van der Waals surface area contributed by atoms with Crippen LogP contribution in [0.4, 0.5) is 5.69 Å². The Balaban J connectivity index is 2.09. The normalized spacial score (nSPS) is 12.8. The number of hydrogen-bond donors (Lipinski definition) is 2. The summed E-state index contributed by atoms with van der Waals surface area (Å²) in [5, 5.41) is 5.73. The van der Waals surface area contributed by atoms with Crippen molar-refractivity contribution < 1.29 is 14.3 Å². The molecular weight excluding hydrogens is 340 g/mol. The molecule has 2 rings (SSSR count). The second kappa shape index (κ2) is 9.21. The van der Waals surface area contributed by atoms with E-state index in [0.717, 1.165) is 17.5 Å². The Hall–Kier alpha value is -2.82. The van der Waals surface area contributed by atoms with E-state index < -0.39 is 6.10 Å². The average molecular weight is 368 g/mol. The van der Waals surface area contributed by atoms with Gasteiger partial charge in [-0.05, 0) is 57.9 Å². The van der Waals surface area contributed by atoms with Crippen LogP contribution in [0.3, 0.4) is 0 Å². The lowest BCUT2D eigenvalue weighted by Gasteiger charge is -2.18. The van der Waals surface area contributed by atoms with Gasteiger partial charge in [-0.3, -0.25) is 9.59 Å². The Kier molecular flexibility index (Phi) is 6.99. The Bertz CT molecular complexity index is 817. The van der Waals surface area contributed by atoms with Gasteiger partial charge in [0.05, 0.1) is 11.3 Å². The third-order valence-corrected chi connectivity index (χ3v) is 4.42. The van der Waals surface area contributed by atoms with Gasteiger partial charge >= 0.3 is 0 Å². The molecule has 0 unspecified atom stereocenters. The summed E-state index contributed by atoms with van der Waals surface area (Å²) in [5.41, 5.74) is 3.02. The van der Waals surface area contributed by atoms with Crippen LogP contribution in [0.5, 0.6) is 5.75 Å². The molecule has 2 N–H and O–H groups in total. The summed E-state index contributed by atoms with van der Waals surface area (Å²) in [5.74, 6) is 0.160. The van der Waals surface area contributed by atoms with Crippen molar-refractivity contribution in [3.8, 4) is 5.75 Å². The zero-order chi connectivity index (χ0) is 20.0. The molecule has 2 amide bonds. The van der Waals surface area contributed by atoms with E-state index in [9.17, 15) is 9.59 Å². The molecule has 0 saturated carbocycles. The number of carbonyl (C=O) groups excluding carboxylic acids is 2. The summed E-state index contributed by atoms with van der Waals surface area (Å²) in [7, 11) is 0. The summed E-state index contributed by atoms with van der Waals surface area (Å²) in [6.45, 7) is 9.59. The van der Waals surface area contributed by atoms with Crippen molar-refractivity contribution in [2.75, 3.05) is 5.32 Å². The zero-order valence-electron chi connectivity index (χ0n) is 16.6. The van der Waals surface area contributed by atoms with E-state index in [-0.39, 0.29) is 17.9 Å². The van der Waals surface area contributed by atoms with Crippen molar-refractivity contribution in [3.63, 3.8) is 0 Å². The van der Waals surface area contributed by atoms with E-state index in [1.165, 1.54) is 0 Å². The molecule has 5 heteroatoms. The molecule has 2 atom stereocenters. The fraction of sp³-hybridized carbons (Fsp3) is 0.364. The molecule has 0 saturated heterocycles. The molecule has 0 aliphatic rings. The summed E-state index contributed by atoms with van der Waals surface area (Å²) >= 11 is 0. The molecule has 27 heavy (non-hydrogen) atoms. The quantitative estimate of drug-likeness (QED) is 0.768. The van der Waals surface area contributed by atoms with Gasteiger partial charge in [0.25, 0.3) is 11.8 Å². The molecule has 2 aromatic carbocycles. The van der Waals surface area contributed by atoms with Gasteiger partial charge in [-0.15, -0.1) is 0 Å². The number of amides is 2. The van der Waals surface area contributed by atoms with Crippen molar-refractivity contribution in [1.29, 1.82) is 0 Å². The maximum absolute atomic E-state index is 12.6. The molecular formula is C22H28N2O3. The molecule has 2 aromatic rings. The van der Waals surface area contributed by atoms with Crippen LogP contribution in [0.1, 0.15) is 48.7 Å². The van der Waals surface area contributed by atoms with Crippen molar-refractivity contribution >= 4 is 17.5 Å². The monoisotopic (exact) mass is 368 g/mol. The van der Waals surface area contributed by atoms with Gasteiger partial charge in [-0.2, -0.15) is 0 Å². The van der Waals surface area contributed by atoms with Crippen molar-refractivity contribution in [3.05, 3.63) is 59.2 Å². The fourth-order valence-corrected chi connectivity index (χ4v) is 2.60. The minimum atomic E-state index is -0.697. The SMILES string of the molecule is CC[C@H](C)NC(=O)c1ccccc1NC(=O)[C@@H](C)Oc1ccc(C)cc1C. The number of hydrogen-bond acceptors (Lipinski definition) is 3. The number of rotatable bonds is 7. The topological polar surface area (TPSA) is 67.4 Å². The largest absolute Gasteiger partial charge is 0.481 e. The number of para-hydroxylation sites is 1. The molecule has 144 valence electrons. The van der Waals surface area contributed by atoms with E-state index >= 15 is 0 Å². The summed E-state index contributed by atoms with van der Waals surface area (Å²) in [4.78, 5) is 25.0. The molecule has 5 nitrogen and oxygen atoms in total. The van der Waals surface area contributed by atoms with E-state index in [2.05, 4.69) is 10.6 Å². The van der Waals surface area contributed by atoms with Crippen molar-refractivity contribution in [1.82, 2.24) is 5.32 Å². The number of nitrogens with one attached hydrogen (secondary N) is 2. The number of aryl methyl sites for hydroxylation is 2. The van der Waals surface area contributed by atoms with Crippen LogP contribution in [0.2, 0.25) is 0 Å². The Morgan fingerprint density at radius 3 is 2.44 bits per heavy atom. The molecule has 0 aliphatic heterocycles. The molecule has 0 spiro atoms. The Morgan fingerprint density at radius 2 is 1.78 bits per heavy atom. The summed E-state index contributed by atoms with van der Waals surface area (Å²) in [6, 6.07) is 12.9. The molecule has 0 heterocycles. The first-order valence-corrected chi connectivity index (χ1v) is 9.26. The molecule has 0 bridgehead atoms. The van der Waals surface area contributed by atoms with Crippen LogP contribution >= 0.6 is 0 Å². The van der Waals surface area contributed by atoms with E-state index in [1.807, 2.05) is 45.9 Å². The lowest BCUT2D eigenvalue weighted by molar-refractivity contribution is -0.122. The first-order chi connectivity index (χ1) is 12.8. The lowest BCUT2D eigenvalue weighted by Crippen LogP contribution is -2.34. The second-order valence-corrected chi connectivity index (χ2v) is 6.85. The van der Waals surface area contributed by atoms with Crippen LogP contribution in [0.15, 0.2) is 42.5 Å². The number of carbonyl (C=O) groups is 2. The molecule has 0 fully saturated rings. The van der Waals surface area contributed by atoms with Crippen LogP contribution in [0.25, 0.3) is 0 Å². The minimum absolute atomic E-state index is 0.0630. The van der Waals surface area contributed by atoms with Gasteiger partial charge in [0.1, 0.15) is 5.75 Å². The maximum Gasteiger partial charge on any atom is 0.265 e. The van der Waals surface area contributed by atoms with Crippen molar-refractivity contribution in [2.24, 2.45) is 0 Å². The molecule has 0 radical (unpaired) electrons. The van der Waals surface area contributed by atoms with Crippen LogP contribution in [0, 0.1) is 13.8 Å². The maximum atomic E-state index is 12.6. The van der Waals surface area contributed by atoms with Gasteiger partial charge in [-0.1, -0.05) is 36.8 Å². The highest BCUT2D eigenvalue weighted by atomic mass is 16.5. The minimum Gasteiger partial charge on any atom is -0.481 e. The van der Waals surface area contributed by atoms with E-state index in [4.69, 9.17) is 4.74 Å². The molecule has 0 aromatic heterocycles. The fourth-order valence-electron chi connectivity index (χ4n) is 2.60. The van der Waals surface area contributed by atoms with Gasteiger partial charge in [0, 0.05) is 6.04 Å². The third kappa shape index (κ3) is 5.58. The summed E-state index contributed by atoms with van der Waals surface area (Å²) < 4.78 is 5.80.